The summed E-state index contributed by atoms with van der Waals surface area (Å²) in [6.07, 6.45) is 2.41. The minimum atomic E-state index is -0.319. The van der Waals surface area contributed by atoms with Crippen molar-refractivity contribution in [3.8, 4) is 0 Å². The molecule has 104 valence electrons. The van der Waals surface area contributed by atoms with Crippen molar-refractivity contribution < 1.29 is 4.92 Å². The topological polar surface area (TPSA) is 46.4 Å². The molecule has 1 heterocycles. The van der Waals surface area contributed by atoms with Crippen molar-refractivity contribution in [3.63, 3.8) is 0 Å². The van der Waals surface area contributed by atoms with Gasteiger partial charge in [-0.1, -0.05) is 29.8 Å². The largest absolute Gasteiger partial charge is 0.371 e. The molecule has 0 radical (unpaired) electrons. The molecule has 19 heavy (non-hydrogen) atoms. The molecule has 0 amide bonds. The van der Waals surface area contributed by atoms with Gasteiger partial charge < -0.3 is 4.90 Å². The molecule has 1 saturated heterocycles. The second kappa shape index (κ2) is 5.49. The van der Waals surface area contributed by atoms with E-state index in [4.69, 9.17) is 0 Å². The summed E-state index contributed by atoms with van der Waals surface area (Å²) < 4.78 is 0. The molecule has 1 aliphatic heterocycles. The predicted molar refractivity (Wildman–Crippen MR) is 81.0 cm³/mol. The molecule has 5 heteroatoms. The van der Waals surface area contributed by atoms with Crippen LogP contribution >= 0.6 is 15.9 Å². The first-order chi connectivity index (χ1) is 8.93. The second-order valence-corrected chi connectivity index (χ2v) is 6.45. The molecule has 1 fully saturated rings. The molecule has 0 spiro atoms. The number of alkyl halides is 1. The van der Waals surface area contributed by atoms with E-state index in [1.165, 1.54) is 12.8 Å². The third-order valence-corrected chi connectivity index (χ3v) is 4.27. The van der Waals surface area contributed by atoms with Crippen LogP contribution in [0.2, 0.25) is 0 Å². The highest BCUT2D eigenvalue weighted by atomic mass is 79.9. The van der Waals surface area contributed by atoms with Crippen LogP contribution in [0.5, 0.6) is 0 Å². The van der Waals surface area contributed by atoms with Gasteiger partial charge in [-0.2, -0.15) is 0 Å². The summed E-state index contributed by atoms with van der Waals surface area (Å²) in [6.45, 7) is 6.58. The van der Waals surface area contributed by atoms with Gasteiger partial charge in [0.1, 0.15) is 0 Å². The number of halogens is 1. The Morgan fingerprint density at radius 3 is 2.79 bits per heavy atom. The predicted octanol–water partition coefficient (Wildman–Crippen LogP) is 4.12. The highest BCUT2D eigenvalue weighted by Gasteiger charge is 2.27. The molecule has 0 aliphatic carbocycles. The molecule has 4 nitrogen and oxygen atoms in total. The third kappa shape index (κ3) is 3.26. The summed E-state index contributed by atoms with van der Waals surface area (Å²) in [7, 11) is 0. The van der Waals surface area contributed by atoms with E-state index >= 15 is 0 Å². The van der Waals surface area contributed by atoms with E-state index in [1.54, 1.807) is 6.07 Å². The molecule has 1 aromatic rings. The first-order valence-corrected chi connectivity index (χ1v) is 7.63. The number of nitrogens with zero attached hydrogens (tertiary/aromatic N) is 2. The Labute approximate surface area is 122 Å². The Hall–Kier alpha value is -1.10. The Morgan fingerprint density at radius 2 is 2.21 bits per heavy atom. The van der Waals surface area contributed by atoms with Crippen LogP contribution in [0.25, 0.3) is 0 Å². The normalized spacial score (nSPS) is 18.4. The molecule has 0 unspecified atom stereocenters. The number of hydrogen-bond acceptors (Lipinski definition) is 3. The van der Waals surface area contributed by atoms with Crippen LogP contribution in [0, 0.1) is 15.5 Å². The van der Waals surface area contributed by atoms with Crippen molar-refractivity contribution >= 4 is 27.3 Å². The van der Waals surface area contributed by atoms with Crippen LogP contribution in [0.4, 0.5) is 11.4 Å². The lowest BCUT2D eigenvalue weighted by molar-refractivity contribution is -0.385. The first kappa shape index (κ1) is 14.3. The number of rotatable bonds is 3. The van der Waals surface area contributed by atoms with Gasteiger partial charge in [0, 0.05) is 35.7 Å². The fourth-order valence-corrected chi connectivity index (χ4v) is 3.15. The Kier molecular flexibility index (Phi) is 4.13. The van der Waals surface area contributed by atoms with Gasteiger partial charge in [-0.05, 0) is 30.4 Å². The Bertz CT molecular complexity index is 488. The summed E-state index contributed by atoms with van der Waals surface area (Å²) in [5.74, 6) is 0. The zero-order valence-electron chi connectivity index (χ0n) is 11.4. The first-order valence-electron chi connectivity index (χ1n) is 6.51. The smallest absolute Gasteiger partial charge is 0.273 e. The zero-order valence-corrected chi connectivity index (χ0v) is 12.9. The van der Waals surface area contributed by atoms with Gasteiger partial charge in [0.05, 0.1) is 4.92 Å². The van der Waals surface area contributed by atoms with Crippen molar-refractivity contribution in [2.45, 2.75) is 32.0 Å². The van der Waals surface area contributed by atoms with Crippen molar-refractivity contribution in [2.24, 2.45) is 5.41 Å². The lowest BCUT2D eigenvalue weighted by atomic mass is 9.84. The molecule has 0 bridgehead atoms. The highest BCUT2D eigenvalue weighted by molar-refractivity contribution is 9.08. The Morgan fingerprint density at radius 1 is 1.47 bits per heavy atom. The van der Waals surface area contributed by atoms with Crippen LogP contribution in [-0.4, -0.2) is 18.0 Å². The van der Waals surface area contributed by atoms with Crippen LogP contribution in [-0.2, 0) is 5.33 Å². The molecule has 0 aromatic heterocycles. The average molecular weight is 327 g/mol. The number of piperidine rings is 1. The van der Waals surface area contributed by atoms with Gasteiger partial charge >= 0.3 is 0 Å². The van der Waals surface area contributed by atoms with Gasteiger partial charge in [-0.3, -0.25) is 10.1 Å². The van der Waals surface area contributed by atoms with Crippen molar-refractivity contribution in [1.29, 1.82) is 0 Å². The van der Waals surface area contributed by atoms with Crippen LogP contribution in [0.3, 0.4) is 0 Å². The number of benzene rings is 1. The quantitative estimate of drug-likeness (QED) is 0.477. The molecule has 0 saturated carbocycles. The molecule has 1 aliphatic rings. The lowest BCUT2D eigenvalue weighted by Gasteiger charge is -2.39. The Balaban J connectivity index is 2.28. The number of hydrogen-bond donors (Lipinski definition) is 0. The van der Waals surface area contributed by atoms with E-state index in [0.29, 0.717) is 10.7 Å². The van der Waals surface area contributed by atoms with E-state index in [1.807, 2.05) is 12.1 Å². The molecule has 0 atom stereocenters. The minimum Gasteiger partial charge on any atom is -0.371 e. The summed E-state index contributed by atoms with van der Waals surface area (Å²) in [5.41, 5.74) is 2.34. The molecule has 0 N–H and O–H groups in total. The van der Waals surface area contributed by atoms with Crippen LogP contribution < -0.4 is 4.90 Å². The summed E-state index contributed by atoms with van der Waals surface area (Å²) >= 11 is 3.33. The second-order valence-electron chi connectivity index (χ2n) is 5.89. The van der Waals surface area contributed by atoms with Gasteiger partial charge in [-0.25, -0.2) is 0 Å². The van der Waals surface area contributed by atoms with Crippen molar-refractivity contribution in [3.05, 3.63) is 33.9 Å². The lowest BCUT2D eigenvalue weighted by Crippen LogP contribution is -2.40. The fraction of sp³-hybridized carbons (Fsp3) is 0.571. The maximum absolute atomic E-state index is 10.9. The maximum atomic E-state index is 10.9. The van der Waals surface area contributed by atoms with Crippen LogP contribution in [0.1, 0.15) is 32.3 Å². The van der Waals surface area contributed by atoms with E-state index in [9.17, 15) is 10.1 Å². The molecule has 2 rings (SSSR count). The minimum absolute atomic E-state index is 0.192. The summed E-state index contributed by atoms with van der Waals surface area (Å²) in [5, 5.41) is 11.5. The molecular formula is C14H19BrN2O2. The molecule has 1 aromatic carbocycles. The van der Waals surface area contributed by atoms with Gasteiger partial charge in [0.15, 0.2) is 0 Å². The van der Waals surface area contributed by atoms with E-state index in [-0.39, 0.29) is 10.6 Å². The van der Waals surface area contributed by atoms with E-state index in [0.717, 1.165) is 24.3 Å². The summed E-state index contributed by atoms with van der Waals surface area (Å²) in [4.78, 5) is 13.0. The SMILES string of the molecule is CC1(C)CCCN(c2ccc([N+](=O)[O-])c(CBr)c2)C1. The third-order valence-electron chi connectivity index (χ3n) is 3.67. The summed E-state index contributed by atoms with van der Waals surface area (Å²) in [6, 6.07) is 5.42. The zero-order chi connectivity index (χ0) is 14.0. The van der Waals surface area contributed by atoms with E-state index < -0.39 is 0 Å². The van der Waals surface area contributed by atoms with Crippen molar-refractivity contribution in [2.75, 3.05) is 18.0 Å². The van der Waals surface area contributed by atoms with Gasteiger partial charge in [-0.15, -0.1) is 0 Å². The van der Waals surface area contributed by atoms with E-state index in [2.05, 4.69) is 34.7 Å². The highest BCUT2D eigenvalue weighted by Crippen LogP contribution is 2.33. The number of nitro groups is 1. The molecular weight excluding hydrogens is 308 g/mol. The van der Waals surface area contributed by atoms with Gasteiger partial charge in [0.25, 0.3) is 5.69 Å². The number of nitro benzene ring substituents is 1. The monoisotopic (exact) mass is 326 g/mol. The van der Waals surface area contributed by atoms with Crippen LogP contribution in [0.15, 0.2) is 18.2 Å². The average Bonchev–Trinajstić information content (AvgIpc) is 2.36. The van der Waals surface area contributed by atoms with Crippen molar-refractivity contribution in [1.82, 2.24) is 0 Å². The number of anilines is 1. The standard InChI is InChI=1S/C14H19BrN2O2/c1-14(2)6-3-7-16(10-14)12-4-5-13(17(18)19)11(8-12)9-15/h4-5,8H,3,6-7,9-10H2,1-2H3. The van der Waals surface area contributed by atoms with Gasteiger partial charge in [0.2, 0.25) is 0 Å². The maximum Gasteiger partial charge on any atom is 0.273 e. The fourth-order valence-electron chi connectivity index (χ4n) is 2.70.